The number of nitrogens with one attached hydrogen (secondary N) is 2. The van der Waals surface area contributed by atoms with E-state index in [0.717, 1.165) is 5.56 Å². The van der Waals surface area contributed by atoms with Crippen molar-refractivity contribution in [2.24, 2.45) is 5.73 Å². The Labute approximate surface area is 199 Å². The molecule has 168 valence electrons. The van der Waals surface area contributed by atoms with E-state index in [1.807, 2.05) is 0 Å². The number of carbonyl (C=O) groups excluding carboxylic acids is 1. The van der Waals surface area contributed by atoms with Crippen molar-refractivity contribution in [1.82, 2.24) is 10.1 Å². The zero-order valence-corrected chi connectivity index (χ0v) is 18.8. The maximum absolute atomic E-state index is 12.9. The van der Waals surface area contributed by atoms with Crippen molar-refractivity contribution in [3.63, 3.8) is 0 Å². The summed E-state index contributed by atoms with van der Waals surface area (Å²) in [5.74, 6) is -0.506. The SMILES string of the molecule is NCCC(C(=O)Nc1ccc(Nc2nc3ccccc3[n+]([O-])n2)cc1)c1ccc(Cl)c(Cl)c1. The van der Waals surface area contributed by atoms with Gasteiger partial charge in [0.05, 0.1) is 21.1 Å². The van der Waals surface area contributed by atoms with Crippen LogP contribution in [0.5, 0.6) is 0 Å². The summed E-state index contributed by atoms with van der Waals surface area (Å²) in [4.78, 5) is 17.8. The van der Waals surface area contributed by atoms with E-state index in [9.17, 15) is 10.0 Å². The minimum absolute atomic E-state index is 0.170. The molecule has 33 heavy (non-hydrogen) atoms. The highest BCUT2D eigenvalue weighted by Crippen LogP contribution is 2.29. The van der Waals surface area contributed by atoms with Crippen LogP contribution in [0.2, 0.25) is 10.0 Å². The molecule has 3 aromatic carbocycles. The molecule has 0 aliphatic rings. The third kappa shape index (κ3) is 5.31. The van der Waals surface area contributed by atoms with Crippen LogP contribution in [0.4, 0.5) is 17.3 Å². The van der Waals surface area contributed by atoms with Crippen LogP contribution >= 0.6 is 23.2 Å². The number of benzene rings is 3. The molecule has 1 unspecified atom stereocenters. The lowest BCUT2D eigenvalue weighted by molar-refractivity contribution is -0.641. The van der Waals surface area contributed by atoms with Crippen molar-refractivity contribution in [1.29, 1.82) is 0 Å². The zero-order chi connectivity index (χ0) is 23.4. The summed E-state index contributed by atoms with van der Waals surface area (Å²) in [5.41, 5.74) is 8.64. The molecule has 0 radical (unpaired) electrons. The van der Waals surface area contributed by atoms with Crippen molar-refractivity contribution in [2.45, 2.75) is 12.3 Å². The fraction of sp³-hybridized carbons (Fsp3) is 0.130. The van der Waals surface area contributed by atoms with Gasteiger partial charge in [-0.2, -0.15) is 0 Å². The highest BCUT2D eigenvalue weighted by atomic mass is 35.5. The van der Waals surface area contributed by atoms with Crippen LogP contribution in [0.15, 0.2) is 66.7 Å². The molecule has 0 spiro atoms. The number of nitrogens with two attached hydrogens (primary N) is 1. The van der Waals surface area contributed by atoms with Gasteiger partial charge in [-0.1, -0.05) is 41.4 Å². The van der Waals surface area contributed by atoms with Gasteiger partial charge in [-0.3, -0.25) is 4.79 Å². The monoisotopic (exact) mass is 482 g/mol. The minimum Gasteiger partial charge on any atom is -0.594 e. The zero-order valence-electron chi connectivity index (χ0n) is 17.3. The predicted molar refractivity (Wildman–Crippen MR) is 130 cm³/mol. The number of hydrogen-bond donors (Lipinski definition) is 3. The summed E-state index contributed by atoms with van der Waals surface area (Å²) < 4.78 is 0. The Morgan fingerprint density at radius 1 is 1.03 bits per heavy atom. The smallest absolute Gasteiger partial charge is 0.295 e. The maximum Gasteiger partial charge on any atom is 0.295 e. The Morgan fingerprint density at radius 2 is 1.76 bits per heavy atom. The first-order chi connectivity index (χ1) is 15.9. The second kappa shape index (κ2) is 9.99. The molecule has 0 bridgehead atoms. The topological polar surface area (TPSA) is 120 Å². The Balaban J connectivity index is 1.47. The first-order valence-electron chi connectivity index (χ1n) is 10.1. The standard InChI is InChI=1S/C23H20Cl2N6O2/c24-18-10-5-14(13-19(18)25)17(11-12-26)22(32)27-15-6-8-16(9-7-15)28-23-29-20-3-1-2-4-21(20)31(33)30-23/h1-10,13,17H,11-12,26H2,(H,27,32)(H,28,29,30). The van der Waals surface area contributed by atoms with Gasteiger partial charge >= 0.3 is 0 Å². The van der Waals surface area contributed by atoms with Crippen molar-refractivity contribution in [2.75, 3.05) is 17.2 Å². The van der Waals surface area contributed by atoms with Gasteiger partial charge in [-0.25, -0.2) is 4.98 Å². The van der Waals surface area contributed by atoms with Crippen LogP contribution in [-0.2, 0) is 4.79 Å². The molecule has 10 heteroatoms. The summed E-state index contributed by atoms with van der Waals surface area (Å²) in [6.07, 6.45) is 0.456. The number of rotatable bonds is 7. The third-order valence-corrected chi connectivity index (χ3v) is 5.77. The molecule has 4 N–H and O–H groups in total. The van der Waals surface area contributed by atoms with E-state index >= 15 is 0 Å². The minimum atomic E-state index is -0.471. The van der Waals surface area contributed by atoms with Gasteiger partial charge in [0.2, 0.25) is 5.91 Å². The van der Waals surface area contributed by atoms with Gasteiger partial charge in [0.1, 0.15) is 5.52 Å². The number of aromatic nitrogens is 3. The summed E-state index contributed by atoms with van der Waals surface area (Å²) in [6, 6.07) is 19.0. The van der Waals surface area contributed by atoms with E-state index < -0.39 is 5.92 Å². The Bertz CT molecular complexity index is 1300. The molecule has 0 saturated heterocycles. The molecule has 0 aliphatic carbocycles. The molecule has 4 rings (SSSR count). The van der Waals surface area contributed by atoms with Gasteiger partial charge < -0.3 is 21.6 Å². The van der Waals surface area contributed by atoms with Crippen LogP contribution in [0.25, 0.3) is 11.0 Å². The molecular weight excluding hydrogens is 463 g/mol. The predicted octanol–water partition coefficient (Wildman–Crippen LogP) is 4.38. The lowest BCUT2D eigenvalue weighted by Crippen LogP contribution is -2.33. The molecular formula is C23H20Cl2N6O2. The second-order valence-electron chi connectivity index (χ2n) is 7.29. The molecule has 4 aromatic rings. The number of nitrogens with zero attached hydrogens (tertiary/aromatic N) is 3. The lowest BCUT2D eigenvalue weighted by Gasteiger charge is -2.17. The van der Waals surface area contributed by atoms with Gasteiger partial charge in [0.15, 0.2) is 0 Å². The number of halogens is 2. The van der Waals surface area contributed by atoms with E-state index in [0.29, 0.717) is 50.3 Å². The van der Waals surface area contributed by atoms with E-state index in [4.69, 9.17) is 28.9 Å². The van der Waals surface area contributed by atoms with E-state index in [1.54, 1.807) is 66.7 Å². The van der Waals surface area contributed by atoms with Crippen LogP contribution in [0, 0.1) is 5.21 Å². The van der Waals surface area contributed by atoms with Crippen molar-refractivity contribution in [3.8, 4) is 0 Å². The van der Waals surface area contributed by atoms with Crippen LogP contribution < -0.4 is 21.2 Å². The molecule has 0 fully saturated rings. The molecule has 1 atom stereocenters. The van der Waals surface area contributed by atoms with Crippen molar-refractivity contribution < 1.29 is 9.64 Å². The quantitative estimate of drug-likeness (QED) is 0.265. The van der Waals surface area contributed by atoms with E-state index in [-0.39, 0.29) is 11.9 Å². The van der Waals surface area contributed by atoms with Crippen LogP contribution in [-0.4, -0.2) is 22.5 Å². The van der Waals surface area contributed by atoms with E-state index in [2.05, 4.69) is 20.7 Å². The van der Waals surface area contributed by atoms with Crippen LogP contribution in [0.1, 0.15) is 17.9 Å². The molecule has 0 aliphatic heterocycles. The maximum atomic E-state index is 12.9. The fourth-order valence-electron chi connectivity index (χ4n) is 3.39. The number of fused-ring (bicyclic) bond motifs is 1. The third-order valence-electron chi connectivity index (χ3n) is 5.03. The van der Waals surface area contributed by atoms with Crippen molar-refractivity contribution in [3.05, 3.63) is 87.5 Å². The van der Waals surface area contributed by atoms with Crippen LogP contribution in [0.3, 0.4) is 0 Å². The average Bonchev–Trinajstić information content (AvgIpc) is 2.81. The summed E-state index contributed by atoms with van der Waals surface area (Å²) in [6.45, 7) is 0.340. The summed E-state index contributed by atoms with van der Waals surface area (Å²) in [5, 5.41) is 22.7. The number of hydrogen-bond acceptors (Lipinski definition) is 6. The number of para-hydroxylation sites is 2. The van der Waals surface area contributed by atoms with Gasteiger partial charge in [0.25, 0.3) is 11.5 Å². The molecule has 8 nitrogen and oxygen atoms in total. The molecule has 1 amide bonds. The number of anilines is 3. The largest absolute Gasteiger partial charge is 0.594 e. The Kier molecular flexibility index (Phi) is 6.88. The highest BCUT2D eigenvalue weighted by molar-refractivity contribution is 6.42. The first kappa shape index (κ1) is 22.7. The number of amides is 1. The average molecular weight is 483 g/mol. The normalized spacial score (nSPS) is 11.8. The lowest BCUT2D eigenvalue weighted by atomic mass is 9.94. The first-order valence-corrected chi connectivity index (χ1v) is 10.9. The molecule has 0 saturated carbocycles. The van der Waals surface area contributed by atoms with Gasteiger partial charge in [-0.15, -0.1) is 0 Å². The Morgan fingerprint density at radius 3 is 2.48 bits per heavy atom. The molecule has 1 heterocycles. The second-order valence-corrected chi connectivity index (χ2v) is 8.11. The highest BCUT2D eigenvalue weighted by Gasteiger charge is 2.21. The van der Waals surface area contributed by atoms with E-state index in [1.165, 1.54) is 0 Å². The summed E-state index contributed by atoms with van der Waals surface area (Å²) >= 11 is 12.1. The Hall–Kier alpha value is -3.46. The number of carbonyl (C=O) groups is 1. The van der Waals surface area contributed by atoms with Gasteiger partial charge in [-0.05, 0) is 65.8 Å². The fourth-order valence-corrected chi connectivity index (χ4v) is 3.70. The summed E-state index contributed by atoms with van der Waals surface area (Å²) in [7, 11) is 0. The van der Waals surface area contributed by atoms with Gasteiger partial charge in [0, 0.05) is 17.4 Å². The molecule has 1 aromatic heterocycles. The van der Waals surface area contributed by atoms with Crippen molar-refractivity contribution >= 4 is 57.5 Å².